The summed E-state index contributed by atoms with van der Waals surface area (Å²) in [5.41, 5.74) is -0.742. The molecule has 0 saturated heterocycles. The predicted molar refractivity (Wildman–Crippen MR) is 77.1 cm³/mol. The van der Waals surface area contributed by atoms with E-state index in [2.05, 4.69) is 6.58 Å². The molecule has 2 rings (SSSR count). The summed E-state index contributed by atoms with van der Waals surface area (Å²) in [7, 11) is 0. The number of anilines is 1. The summed E-state index contributed by atoms with van der Waals surface area (Å²) in [5, 5.41) is 11.0. The molecule has 1 aliphatic heterocycles. The normalized spacial score (nSPS) is 22.6. The van der Waals surface area contributed by atoms with Crippen LogP contribution >= 0.6 is 0 Å². The summed E-state index contributed by atoms with van der Waals surface area (Å²) in [6.07, 6.45) is 3.04. The highest BCUT2D eigenvalue weighted by Crippen LogP contribution is 2.46. The first-order valence-corrected chi connectivity index (χ1v) is 6.78. The maximum atomic E-state index is 12.6. The number of nitrogens with zero attached hydrogens (tertiary/aromatic N) is 1. The quantitative estimate of drug-likeness (QED) is 0.857. The van der Waals surface area contributed by atoms with Crippen LogP contribution in [0.4, 0.5) is 5.69 Å². The van der Waals surface area contributed by atoms with Crippen LogP contribution in [0.5, 0.6) is 0 Å². The smallest absolute Gasteiger partial charge is 0.271 e. The monoisotopic (exact) mass is 273 g/mol. The molecule has 0 unspecified atom stereocenters. The van der Waals surface area contributed by atoms with Gasteiger partial charge in [-0.15, -0.1) is 6.58 Å². The molecule has 0 spiro atoms. The Hall–Kier alpha value is -1.94. The van der Waals surface area contributed by atoms with Gasteiger partial charge in [-0.1, -0.05) is 37.6 Å². The number of fused-ring (bicyclic) bond motifs is 1. The van der Waals surface area contributed by atoms with Crippen molar-refractivity contribution in [2.45, 2.75) is 32.3 Å². The summed E-state index contributed by atoms with van der Waals surface area (Å²) in [5.74, 6) is -1.38. The molecule has 106 valence electrons. The second-order valence-electron chi connectivity index (χ2n) is 5.07. The van der Waals surface area contributed by atoms with Crippen LogP contribution < -0.4 is 4.90 Å². The van der Waals surface area contributed by atoms with E-state index in [1.807, 2.05) is 6.92 Å². The molecule has 1 N–H and O–H groups in total. The van der Waals surface area contributed by atoms with Crippen LogP contribution in [0, 0.1) is 5.92 Å². The van der Waals surface area contributed by atoms with Crippen LogP contribution in [0.1, 0.15) is 32.3 Å². The van der Waals surface area contributed by atoms with Crippen molar-refractivity contribution in [1.29, 1.82) is 0 Å². The topological polar surface area (TPSA) is 57.6 Å². The van der Waals surface area contributed by atoms with Crippen molar-refractivity contribution in [3.63, 3.8) is 0 Å². The molecule has 2 amide bonds. The lowest BCUT2D eigenvalue weighted by Crippen LogP contribution is -2.46. The maximum Gasteiger partial charge on any atom is 0.271 e. The van der Waals surface area contributed by atoms with Crippen molar-refractivity contribution in [3.05, 3.63) is 42.5 Å². The summed E-state index contributed by atoms with van der Waals surface area (Å²) < 4.78 is 0. The van der Waals surface area contributed by atoms with Gasteiger partial charge in [0.05, 0.1) is 5.69 Å². The standard InChI is InChI=1S/C16H19NO3/c1-4-8-12(5-2)16(20)13-9-6-7-10-14(13)17(11(3)18)15(16)19/h5-7,9-10,12,20H,2,4,8H2,1,3H3/t12-,16+/m1/s1. The molecule has 0 radical (unpaired) electrons. The minimum Gasteiger partial charge on any atom is -0.375 e. The number of benzene rings is 1. The lowest BCUT2D eigenvalue weighted by Gasteiger charge is -2.29. The fraction of sp³-hybridized carbons (Fsp3) is 0.375. The van der Waals surface area contributed by atoms with E-state index in [0.29, 0.717) is 17.7 Å². The number of imide groups is 1. The second kappa shape index (κ2) is 5.21. The third kappa shape index (κ3) is 1.88. The summed E-state index contributed by atoms with van der Waals surface area (Å²) >= 11 is 0. The van der Waals surface area contributed by atoms with Gasteiger partial charge in [-0.2, -0.15) is 0 Å². The van der Waals surface area contributed by atoms with E-state index >= 15 is 0 Å². The minimum absolute atomic E-state index is 0.391. The van der Waals surface area contributed by atoms with E-state index in [1.54, 1.807) is 30.3 Å². The Morgan fingerprint density at radius 3 is 2.70 bits per heavy atom. The second-order valence-corrected chi connectivity index (χ2v) is 5.07. The van der Waals surface area contributed by atoms with Crippen LogP contribution in [0.15, 0.2) is 36.9 Å². The molecule has 4 heteroatoms. The third-order valence-corrected chi connectivity index (χ3v) is 3.82. The molecular formula is C16H19NO3. The van der Waals surface area contributed by atoms with E-state index < -0.39 is 23.3 Å². The predicted octanol–water partition coefficient (Wildman–Crippen LogP) is 2.37. The molecule has 0 fully saturated rings. The van der Waals surface area contributed by atoms with Crippen LogP contribution in [-0.2, 0) is 15.2 Å². The first kappa shape index (κ1) is 14.5. The van der Waals surface area contributed by atoms with E-state index in [1.165, 1.54) is 6.92 Å². The largest absolute Gasteiger partial charge is 0.375 e. The Bertz CT molecular complexity index is 567. The Morgan fingerprint density at radius 2 is 2.15 bits per heavy atom. The van der Waals surface area contributed by atoms with Crippen molar-refractivity contribution >= 4 is 17.5 Å². The van der Waals surface area contributed by atoms with Crippen molar-refractivity contribution < 1.29 is 14.7 Å². The number of carbonyl (C=O) groups is 2. The van der Waals surface area contributed by atoms with E-state index in [-0.39, 0.29) is 0 Å². The average molecular weight is 273 g/mol. The van der Waals surface area contributed by atoms with Gasteiger partial charge in [0, 0.05) is 18.4 Å². The Morgan fingerprint density at radius 1 is 1.50 bits per heavy atom. The van der Waals surface area contributed by atoms with Gasteiger partial charge in [0.25, 0.3) is 5.91 Å². The molecule has 0 bridgehead atoms. The Labute approximate surface area is 118 Å². The van der Waals surface area contributed by atoms with Gasteiger partial charge in [0.1, 0.15) is 0 Å². The fourth-order valence-corrected chi connectivity index (χ4v) is 2.87. The molecule has 4 nitrogen and oxygen atoms in total. The number of carbonyl (C=O) groups excluding carboxylic acids is 2. The molecule has 1 heterocycles. The van der Waals surface area contributed by atoms with E-state index in [0.717, 1.165) is 11.3 Å². The van der Waals surface area contributed by atoms with Gasteiger partial charge >= 0.3 is 0 Å². The zero-order chi connectivity index (χ0) is 14.9. The zero-order valence-electron chi connectivity index (χ0n) is 11.8. The molecule has 2 atom stereocenters. The Balaban J connectivity index is 2.62. The van der Waals surface area contributed by atoms with Crippen LogP contribution in [0.25, 0.3) is 0 Å². The summed E-state index contributed by atoms with van der Waals surface area (Å²) in [6, 6.07) is 6.88. The molecular weight excluding hydrogens is 254 g/mol. The van der Waals surface area contributed by atoms with Crippen LogP contribution in [0.3, 0.4) is 0 Å². The van der Waals surface area contributed by atoms with Crippen LogP contribution in [0.2, 0.25) is 0 Å². The molecule has 1 aromatic carbocycles. The highest BCUT2D eigenvalue weighted by molar-refractivity contribution is 6.21. The highest BCUT2D eigenvalue weighted by atomic mass is 16.3. The summed E-state index contributed by atoms with van der Waals surface area (Å²) in [4.78, 5) is 25.4. The number of hydrogen-bond donors (Lipinski definition) is 1. The van der Waals surface area contributed by atoms with Gasteiger partial charge in [0.15, 0.2) is 5.60 Å². The first-order valence-electron chi connectivity index (χ1n) is 6.78. The first-order chi connectivity index (χ1) is 9.48. The number of amides is 2. The number of hydrogen-bond acceptors (Lipinski definition) is 3. The Kier molecular flexibility index (Phi) is 3.77. The number of para-hydroxylation sites is 1. The van der Waals surface area contributed by atoms with Crippen molar-refractivity contribution in [2.75, 3.05) is 4.90 Å². The fourth-order valence-electron chi connectivity index (χ4n) is 2.87. The molecule has 1 aliphatic rings. The van der Waals surface area contributed by atoms with Gasteiger partial charge in [-0.25, -0.2) is 4.90 Å². The zero-order valence-corrected chi connectivity index (χ0v) is 11.8. The van der Waals surface area contributed by atoms with Crippen molar-refractivity contribution in [3.8, 4) is 0 Å². The van der Waals surface area contributed by atoms with Crippen molar-refractivity contribution in [1.82, 2.24) is 0 Å². The number of rotatable bonds is 4. The molecule has 1 aromatic rings. The van der Waals surface area contributed by atoms with Gasteiger partial charge in [0.2, 0.25) is 5.91 Å². The van der Waals surface area contributed by atoms with Gasteiger partial charge in [-0.05, 0) is 12.5 Å². The van der Waals surface area contributed by atoms with Gasteiger partial charge < -0.3 is 5.11 Å². The minimum atomic E-state index is -1.69. The SMILES string of the molecule is C=C[C@H](CCC)[C@@]1(O)C(=O)N(C(C)=O)c2ccccc21. The van der Waals surface area contributed by atoms with Gasteiger partial charge in [-0.3, -0.25) is 9.59 Å². The summed E-state index contributed by atoms with van der Waals surface area (Å²) in [6.45, 7) is 7.03. The lowest BCUT2D eigenvalue weighted by molar-refractivity contribution is -0.142. The highest BCUT2D eigenvalue weighted by Gasteiger charge is 2.54. The average Bonchev–Trinajstić information content (AvgIpc) is 2.66. The molecule has 20 heavy (non-hydrogen) atoms. The number of aliphatic hydroxyl groups is 1. The lowest BCUT2D eigenvalue weighted by atomic mass is 9.80. The van der Waals surface area contributed by atoms with E-state index in [4.69, 9.17) is 0 Å². The molecule has 0 saturated carbocycles. The molecule has 0 aliphatic carbocycles. The third-order valence-electron chi connectivity index (χ3n) is 3.82. The van der Waals surface area contributed by atoms with E-state index in [9.17, 15) is 14.7 Å². The molecule has 0 aromatic heterocycles. The van der Waals surface area contributed by atoms with Crippen molar-refractivity contribution in [2.24, 2.45) is 5.92 Å². The van der Waals surface area contributed by atoms with Crippen LogP contribution in [-0.4, -0.2) is 16.9 Å². The maximum absolute atomic E-state index is 12.6.